The van der Waals surface area contributed by atoms with Crippen molar-refractivity contribution in [1.29, 1.82) is 0 Å². The minimum Gasteiger partial charge on any atom is -0.380 e. The van der Waals surface area contributed by atoms with Gasteiger partial charge in [-0.2, -0.15) is 0 Å². The van der Waals surface area contributed by atoms with Gasteiger partial charge in [-0.1, -0.05) is 28.1 Å². The second kappa shape index (κ2) is 7.81. The molecule has 126 valence electrons. The lowest BCUT2D eigenvalue weighted by molar-refractivity contribution is -0.115. The van der Waals surface area contributed by atoms with Gasteiger partial charge in [-0.15, -0.1) is 0 Å². The van der Waals surface area contributed by atoms with Gasteiger partial charge in [-0.25, -0.2) is 0 Å². The van der Waals surface area contributed by atoms with E-state index < -0.39 is 0 Å². The van der Waals surface area contributed by atoms with Crippen molar-refractivity contribution < 1.29 is 9.53 Å². The Morgan fingerprint density at radius 3 is 2.54 bits per heavy atom. The quantitative estimate of drug-likeness (QED) is 0.845. The monoisotopic (exact) mass is 388 g/mol. The zero-order valence-electron chi connectivity index (χ0n) is 13.7. The van der Waals surface area contributed by atoms with E-state index >= 15 is 0 Å². The van der Waals surface area contributed by atoms with Gasteiger partial charge < -0.3 is 15.0 Å². The van der Waals surface area contributed by atoms with Crippen molar-refractivity contribution in [2.24, 2.45) is 0 Å². The molecule has 0 spiro atoms. The summed E-state index contributed by atoms with van der Waals surface area (Å²) in [4.78, 5) is 14.4. The Morgan fingerprint density at radius 1 is 1.21 bits per heavy atom. The molecular formula is C19H21BrN2O2. The molecular weight excluding hydrogens is 368 g/mol. The van der Waals surface area contributed by atoms with E-state index in [2.05, 4.69) is 26.1 Å². The third-order valence-corrected chi connectivity index (χ3v) is 4.80. The molecule has 1 atom stereocenters. The van der Waals surface area contributed by atoms with Gasteiger partial charge in [-0.05, 0) is 48.4 Å². The molecule has 0 radical (unpaired) electrons. The summed E-state index contributed by atoms with van der Waals surface area (Å²) in [5, 5.41) is 2.95. The van der Waals surface area contributed by atoms with Crippen LogP contribution in [0.4, 0.5) is 11.4 Å². The fraction of sp³-hybridized carbons (Fsp3) is 0.316. The van der Waals surface area contributed by atoms with Crippen LogP contribution in [-0.4, -0.2) is 32.2 Å². The maximum absolute atomic E-state index is 12.1. The Bertz CT molecular complexity index is 686. The van der Waals surface area contributed by atoms with Gasteiger partial charge in [0.05, 0.1) is 12.5 Å². The Labute approximate surface area is 150 Å². The Hall–Kier alpha value is -1.85. The van der Waals surface area contributed by atoms with Crippen LogP contribution in [-0.2, 0) is 16.0 Å². The Morgan fingerprint density at radius 2 is 1.92 bits per heavy atom. The number of carbonyl (C=O) groups excluding carboxylic acids is 1. The van der Waals surface area contributed by atoms with Crippen molar-refractivity contribution in [3.8, 4) is 0 Å². The molecule has 24 heavy (non-hydrogen) atoms. The van der Waals surface area contributed by atoms with Crippen molar-refractivity contribution in [3.63, 3.8) is 0 Å². The third kappa shape index (κ3) is 4.36. The number of rotatable bonds is 5. The second-order valence-corrected chi connectivity index (χ2v) is 6.91. The van der Waals surface area contributed by atoms with Gasteiger partial charge in [-0.3, -0.25) is 4.79 Å². The number of nitrogens with zero attached hydrogens (tertiary/aromatic N) is 1. The van der Waals surface area contributed by atoms with E-state index in [0.717, 1.165) is 35.2 Å². The highest BCUT2D eigenvalue weighted by Crippen LogP contribution is 2.23. The predicted molar refractivity (Wildman–Crippen MR) is 101 cm³/mol. The molecule has 4 nitrogen and oxygen atoms in total. The minimum atomic E-state index is -0.00862. The van der Waals surface area contributed by atoms with Crippen LogP contribution >= 0.6 is 15.9 Å². The molecule has 1 N–H and O–H groups in total. The maximum Gasteiger partial charge on any atom is 0.228 e. The highest BCUT2D eigenvalue weighted by Gasteiger charge is 2.22. The lowest BCUT2D eigenvalue weighted by atomic mass is 10.1. The van der Waals surface area contributed by atoms with E-state index in [1.165, 1.54) is 5.69 Å². The summed E-state index contributed by atoms with van der Waals surface area (Å²) < 4.78 is 6.42. The SMILES string of the molecule is CO[C@H]1CCN(c2ccc(NC(=O)Cc3ccc(Br)cc3)cc2)C1. The number of nitrogens with one attached hydrogen (secondary N) is 1. The summed E-state index contributed by atoms with van der Waals surface area (Å²) in [6, 6.07) is 15.8. The average Bonchev–Trinajstić information content (AvgIpc) is 3.07. The standard InChI is InChI=1S/C19H21BrN2O2/c1-24-18-10-11-22(13-18)17-8-6-16(7-9-17)21-19(23)12-14-2-4-15(20)5-3-14/h2-9,18H,10-13H2,1H3,(H,21,23)/t18-/m0/s1. The fourth-order valence-corrected chi connectivity index (χ4v) is 3.17. The number of benzene rings is 2. The van der Waals surface area contributed by atoms with Crippen molar-refractivity contribution >= 4 is 33.2 Å². The topological polar surface area (TPSA) is 41.6 Å². The average molecular weight is 389 g/mol. The van der Waals surface area contributed by atoms with Crippen LogP contribution in [0.1, 0.15) is 12.0 Å². The minimum absolute atomic E-state index is 0.00862. The molecule has 1 fully saturated rings. The Kier molecular flexibility index (Phi) is 5.53. The molecule has 0 saturated carbocycles. The predicted octanol–water partition coefficient (Wildman–Crippen LogP) is 3.86. The first kappa shape index (κ1) is 17.0. The van der Waals surface area contributed by atoms with Crippen molar-refractivity contribution in [1.82, 2.24) is 0 Å². The molecule has 0 bridgehead atoms. The van der Waals surface area contributed by atoms with E-state index in [1.54, 1.807) is 7.11 Å². The largest absolute Gasteiger partial charge is 0.380 e. The molecule has 5 heteroatoms. The molecule has 1 aliphatic rings. The van der Waals surface area contributed by atoms with Crippen LogP contribution in [0, 0.1) is 0 Å². The molecule has 1 amide bonds. The molecule has 0 aliphatic carbocycles. The van der Waals surface area contributed by atoms with Crippen LogP contribution in [0.25, 0.3) is 0 Å². The Balaban J connectivity index is 1.56. The number of anilines is 2. The maximum atomic E-state index is 12.1. The molecule has 2 aromatic carbocycles. The van der Waals surface area contributed by atoms with Crippen LogP contribution < -0.4 is 10.2 Å². The fourth-order valence-electron chi connectivity index (χ4n) is 2.90. The molecule has 2 aromatic rings. The third-order valence-electron chi connectivity index (χ3n) is 4.27. The van der Waals surface area contributed by atoms with Crippen molar-refractivity contribution in [2.45, 2.75) is 18.9 Å². The number of hydrogen-bond donors (Lipinski definition) is 1. The number of halogens is 1. The van der Waals surface area contributed by atoms with Crippen LogP contribution in [0.5, 0.6) is 0 Å². The van der Waals surface area contributed by atoms with Crippen LogP contribution in [0.2, 0.25) is 0 Å². The number of carbonyl (C=O) groups is 1. The zero-order chi connectivity index (χ0) is 16.9. The summed E-state index contributed by atoms with van der Waals surface area (Å²) in [6.07, 6.45) is 1.74. The first-order valence-corrected chi connectivity index (χ1v) is 8.85. The summed E-state index contributed by atoms with van der Waals surface area (Å²) in [6.45, 7) is 1.93. The molecule has 0 aromatic heterocycles. The summed E-state index contributed by atoms with van der Waals surface area (Å²) in [5.41, 5.74) is 2.99. The van der Waals surface area contributed by atoms with Gasteiger partial charge in [0.1, 0.15) is 0 Å². The first-order valence-electron chi connectivity index (χ1n) is 8.06. The van der Waals surface area contributed by atoms with E-state index in [0.29, 0.717) is 12.5 Å². The lowest BCUT2D eigenvalue weighted by Crippen LogP contribution is -2.22. The number of methoxy groups -OCH3 is 1. The smallest absolute Gasteiger partial charge is 0.228 e. The van der Waals surface area contributed by atoms with Gasteiger partial charge in [0.2, 0.25) is 5.91 Å². The summed E-state index contributed by atoms with van der Waals surface area (Å²) in [7, 11) is 1.76. The second-order valence-electron chi connectivity index (χ2n) is 5.99. The van der Waals surface area contributed by atoms with Gasteiger partial charge in [0.15, 0.2) is 0 Å². The lowest BCUT2D eigenvalue weighted by Gasteiger charge is -2.18. The first-order chi connectivity index (χ1) is 11.6. The highest BCUT2D eigenvalue weighted by molar-refractivity contribution is 9.10. The molecule has 1 heterocycles. The molecule has 1 saturated heterocycles. The highest BCUT2D eigenvalue weighted by atomic mass is 79.9. The summed E-state index contributed by atoms with van der Waals surface area (Å²) in [5.74, 6) is -0.00862. The van der Waals surface area contributed by atoms with E-state index in [9.17, 15) is 4.79 Å². The molecule has 0 unspecified atom stereocenters. The molecule has 1 aliphatic heterocycles. The van der Waals surface area contributed by atoms with E-state index in [1.807, 2.05) is 48.5 Å². The van der Waals surface area contributed by atoms with E-state index in [4.69, 9.17) is 4.74 Å². The number of hydrogen-bond acceptors (Lipinski definition) is 3. The van der Waals surface area contributed by atoms with Gasteiger partial charge in [0.25, 0.3) is 0 Å². The molecule has 3 rings (SSSR count). The number of amides is 1. The van der Waals surface area contributed by atoms with Crippen molar-refractivity contribution in [2.75, 3.05) is 30.4 Å². The van der Waals surface area contributed by atoms with Crippen molar-refractivity contribution in [3.05, 3.63) is 58.6 Å². The van der Waals surface area contributed by atoms with Gasteiger partial charge in [0, 0.05) is 36.0 Å². The van der Waals surface area contributed by atoms with Crippen LogP contribution in [0.3, 0.4) is 0 Å². The zero-order valence-corrected chi connectivity index (χ0v) is 15.3. The van der Waals surface area contributed by atoms with Gasteiger partial charge >= 0.3 is 0 Å². The normalized spacial score (nSPS) is 17.1. The number of ether oxygens (including phenoxy) is 1. The van der Waals surface area contributed by atoms with E-state index in [-0.39, 0.29) is 5.91 Å². The van der Waals surface area contributed by atoms with Crippen LogP contribution in [0.15, 0.2) is 53.0 Å². The summed E-state index contributed by atoms with van der Waals surface area (Å²) >= 11 is 3.40.